The molecule has 0 unspecified atom stereocenters. The van der Waals surface area contributed by atoms with Crippen molar-refractivity contribution >= 4 is 40.2 Å². The quantitative estimate of drug-likeness (QED) is 0.251. The second-order valence-electron chi connectivity index (χ2n) is 7.66. The van der Waals surface area contributed by atoms with Crippen molar-refractivity contribution in [1.29, 1.82) is 0 Å². The Morgan fingerprint density at radius 3 is 2.29 bits per heavy atom. The summed E-state index contributed by atoms with van der Waals surface area (Å²) in [4.78, 5) is 31.2. The summed E-state index contributed by atoms with van der Waals surface area (Å²) >= 11 is 0. The van der Waals surface area contributed by atoms with Crippen LogP contribution in [0.2, 0.25) is 0 Å². The van der Waals surface area contributed by atoms with Crippen molar-refractivity contribution in [1.82, 2.24) is 15.0 Å². The van der Waals surface area contributed by atoms with Crippen molar-refractivity contribution < 1.29 is 41.4 Å². The van der Waals surface area contributed by atoms with Gasteiger partial charge in [0.25, 0.3) is 0 Å². The fourth-order valence-electron chi connectivity index (χ4n) is 3.31. The number of hydrogen-bond donors (Lipinski definition) is 4. The van der Waals surface area contributed by atoms with Crippen LogP contribution >= 0.6 is 0 Å². The predicted molar refractivity (Wildman–Crippen MR) is 128 cm³/mol. The van der Waals surface area contributed by atoms with Crippen LogP contribution in [0.4, 0.5) is 40.7 Å². The lowest BCUT2D eigenvalue weighted by atomic mass is 10.2. The summed E-state index contributed by atoms with van der Waals surface area (Å²) in [6.07, 6.45) is -4.02. The second-order valence-corrected chi connectivity index (χ2v) is 7.66. The van der Waals surface area contributed by atoms with Gasteiger partial charge in [-0.3, -0.25) is 4.98 Å². The lowest BCUT2D eigenvalue weighted by Crippen LogP contribution is -2.21. The van der Waals surface area contributed by atoms with Gasteiger partial charge in [-0.2, -0.15) is 18.2 Å². The molecule has 0 aliphatic rings. The van der Waals surface area contributed by atoms with Crippen LogP contribution in [0.5, 0.6) is 11.5 Å². The van der Waals surface area contributed by atoms with E-state index in [1.165, 1.54) is 0 Å². The number of methoxy groups -OCH3 is 2. The van der Waals surface area contributed by atoms with Gasteiger partial charge in [-0.1, -0.05) is 0 Å². The van der Waals surface area contributed by atoms with E-state index in [-0.39, 0.29) is 11.8 Å². The third-order valence-electron chi connectivity index (χ3n) is 4.88. The number of nitrogens with zero attached hydrogens (tertiary/aromatic N) is 2. The third-order valence-corrected chi connectivity index (χ3v) is 4.88. The Labute approximate surface area is 211 Å². The van der Waals surface area contributed by atoms with Crippen molar-refractivity contribution in [2.24, 2.45) is 0 Å². The number of halogens is 4. The fraction of sp³-hybridized carbons (Fsp3) is 0.217. The number of aliphatic carboxylic acids is 1. The molecule has 4 rings (SSSR count). The van der Waals surface area contributed by atoms with Crippen LogP contribution in [0.3, 0.4) is 0 Å². The minimum atomic E-state index is -5.08. The predicted octanol–water partition coefficient (Wildman–Crippen LogP) is 4.80. The molecule has 0 radical (unpaired) electrons. The molecule has 4 N–H and O–H groups in total. The van der Waals surface area contributed by atoms with Gasteiger partial charge >= 0.3 is 17.9 Å². The number of nitrogens with one attached hydrogen (secondary N) is 3. The Morgan fingerprint density at radius 2 is 1.68 bits per heavy atom. The number of carboxylic acid groups (broad SMARTS) is 1. The van der Waals surface area contributed by atoms with Gasteiger partial charge < -0.3 is 29.6 Å². The van der Waals surface area contributed by atoms with Crippen LogP contribution in [-0.2, 0) is 4.79 Å². The minimum absolute atomic E-state index is 0.0284. The summed E-state index contributed by atoms with van der Waals surface area (Å²) in [5.74, 6) is -2.62. The van der Waals surface area contributed by atoms with Crippen LogP contribution in [-0.4, -0.2) is 46.4 Å². The number of aromatic amines is 1. The topological polar surface area (TPSA) is 152 Å². The van der Waals surface area contributed by atoms with E-state index in [1.54, 1.807) is 39.3 Å². The molecule has 4 aromatic rings. The first kappa shape index (κ1) is 27.8. The second kappa shape index (κ2) is 11.1. The molecule has 0 saturated carbocycles. The van der Waals surface area contributed by atoms with Crippen LogP contribution < -0.4 is 25.9 Å². The molecule has 0 amide bonds. The molecule has 2 aromatic carbocycles. The first-order chi connectivity index (χ1) is 17.8. The summed E-state index contributed by atoms with van der Waals surface area (Å²) in [5.41, 5.74) is 3.70. The van der Waals surface area contributed by atoms with Crippen LogP contribution in [0.1, 0.15) is 11.1 Å². The molecule has 0 aliphatic carbocycles. The molecular formula is C23H21F4N5O6. The van der Waals surface area contributed by atoms with Crippen molar-refractivity contribution in [3.63, 3.8) is 0 Å². The largest absolute Gasteiger partial charge is 0.493 e. The maximum absolute atomic E-state index is 14.4. The highest BCUT2D eigenvalue weighted by atomic mass is 19.4. The number of rotatable bonds is 6. The fourth-order valence-corrected chi connectivity index (χ4v) is 3.31. The summed E-state index contributed by atoms with van der Waals surface area (Å²) in [7, 11) is 3.11. The molecule has 38 heavy (non-hydrogen) atoms. The van der Waals surface area contributed by atoms with Crippen molar-refractivity contribution in [2.45, 2.75) is 20.0 Å². The van der Waals surface area contributed by atoms with E-state index < -0.39 is 23.7 Å². The molecule has 2 heterocycles. The Kier molecular flexibility index (Phi) is 8.08. The number of aromatic nitrogens is 3. The molecule has 0 fully saturated rings. The molecule has 0 atom stereocenters. The lowest BCUT2D eigenvalue weighted by Gasteiger charge is -2.14. The number of benzene rings is 2. The third kappa shape index (κ3) is 6.48. The smallest absolute Gasteiger partial charge is 0.490 e. The number of oxazole rings is 1. The summed E-state index contributed by atoms with van der Waals surface area (Å²) in [6, 6.07) is 6.94. The molecule has 2 aromatic heterocycles. The van der Waals surface area contributed by atoms with E-state index in [9.17, 15) is 22.4 Å². The van der Waals surface area contributed by atoms with Gasteiger partial charge in [0.2, 0.25) is 5.95 Å². The molecule has 202 valence electrons. The average molecular weight is 539 g/mol. The van der Waals surface area contributed by atoms with Gasteiger partial charge in [-0.05, 0) is 43.2 Å². The maximum atomic E-state index is 14.4. The van der Waals surface area contributed by atoms with E-state index in [0.29, 0.717) is 39.5 Å². The molecule has 0 aliphatic heterocycles. The summed E-state index contributed by atoms with van der Waals surface area (Å²) in [5, 5.41) is 13.1. The molecule has 0 spiro atoms. The zero-order chi connectivity index (χ0) is 28.2. The Bertz CT molecular complexity index is 1530. The van der Waals surface area contributed by atoms with E-state index in [1.807, 2.05) is 13.0 Å². The SMILES string of the molecule is COc1cc(Nc2ncc(F)c(Nc3cc(C)c4oc(=O)[nH]c4c3)n2)cc(C)c1OC.O=C(O)C(F)(F)F. The number of anilines is 4. The van der Waals surface area contributed by atoms with Gasteiger partial charge in [-0.15, -0.1) is 0 Å². The first-order valence-corrected chi connectivity index (χ1v) is 10.5. The average Bonchev–Trinajstić information content (AvgIpc) is 3.21. The van der Waals surface area contributed by atoms with Gasteiger partial charge in [-0.25, -0.2) is 19.0 Å². The van der Waals surface area contributed by atoms with Gasteiger partial charge in [0.15, 0.2) is 28.7 Å². The Hall–Kier alpha value is -4.82. The highest BCUT2D eigenvalue weighted by molar-refractivity contribution is 5.81. The normalized spacial score (nSPS) is 10.9. The van der Waals surface area contributed by atoms with E-state index >= 15 is 0 Å². The van der Waals surface area contributed by atoms with Crippen LogP contribution in [0, 0.1) is 19.7 Å². The Morgan fingerprint density at radius 1 is 1.05 bits per heavy atom. The highest BCUT2D eigenvalue weighted by Crippen LogP contribution is 2.35. The van der Waals surface area contributed by atoms with E-state index in [0.717, 1.165) is 11.8 Å². The molecule has 0 bridgehead atoms. The lowest BCUT2D eigenvalue weighted by molar-refractivity contribution is -0.192. The number of fused-ring (bicyclic) bond motifs is 1. The zero-order valence-electron chi connectivity index (χ0n) is 20.3. The van der Waals surface area contributed by atoms with Crippen LogP contribution in [0.25, 0.3) is 11.1 Å². The van der Waals surface area contributed by atoms with E-state index in [4.69, 9.17) is 23.8 Å². The number of carbonyl (C=O) groups is 1. The van der Waals surface area contributed by atoms with Crippen molar-refractivity contribution in [2.75, 3.05) is 24.9 Å². The number of H-pyrrole nitrogens is 1. The van der Waals surface area contributed by atoms with Gasteiger partial charge in [0.05, 0.1) is 25.9 Å². The number of hydrogen-bond acceptors (Lipinski definition) is 9. The number of carboxylic acids is 1. The number of aryl methyl sites for hydroxylation is 2. The molecular weight excluding hydrogens is 518 g/mol. The molecule has 15 heteroatoms. The van der Waals surface area contributed by atoms with Gasteiger partial charge in [0, 0.05) is 17.4 Å². The van der Waals surface area contributed by atoms with Crippen molar-refractivity contribution in [3.8, 4) is 11.5 Å². The van der Waals surface area contributed by atoms with Gasteiger partial charge in [0.1, 0.15) is 0 Å². The first-order valence-electron chi connectivity index (χ1n) is 10.5. The van der Waals surface area contributed by atoms with E-state index in [2.05, 4.69) is 25.6 Å². The summed E-state index contributed by atoms with van der Waals surface area (Å²) < 4.78 is 61.9. The molecule has 11 nitrogen and oxygen atoms in total. The monoisotopic (exact) mass is 539 g/mol. The maximum Gasteiger partial charge on any atom is 0.490 e. The van der Waals surface area contributed by atoms with Crippen molar-refractivity contribution in [3.05, 3.63) is 58.0 Å². The zero-order valence-corrected chi connectivity index (χ0v) is 20.3. The number of ether oxygens (including phenoxy) is 2. The Balaban J connectivity index is 0.000000505. The van der Waals surface area contributed by atoms with Crippen LogP contribution in [0.15, 0.2) is 39.7 Å². The highest BCUT2D eigenvalue weighted by Gasteiger charge is 2.38. The standard InChI is InChI=1S/C21H20FN5O4.C2HF3O2/c1-10-5-12(7-15-17(10)31-21(28)26-15)24-19-14(22)9-23-20(27-19)25-13-6-11(2)18(30-4)16(8-13)29-3;3-2(4,5)1(6)7/h5-9H,1-4H3,(H,26,28)(H2,23,24,25,27);(H,6,7). The number of alkyl halides is 3. The summed E-state index contributed by atoms with van der Waals surface area (Å²) in [6.45, 7) is 3.66. The minimum Gasteiger partial charge on any atom is -0.493 e. The molecule has 0 saturated heterocycles.